The predicted molar refractivity (Wildman–Crippen MR) is 44.2 cm³/mol. The largest absolute Gasteiger partial charge is 0.383 e. The van der Waals surface area contributed by atoms with Crippen LogP contribution in [0.25, 0.3) is 0 Å². The van der Waals surface area contributed by atoms with E-state index in [1.807, 2.05) is 6.07 Å². The molecule has 1 aromatic heterocycles. The Hall–Kier alpha value is -1.50. The van der Waals surface area contributed by atoms with Gasteiger partial charge in [0.25, 0.3) is 0 Å². The van der Waals surface area contributed by atoms with Crippen molar-refractivity contribution >= 4 is 5.82 Å². The van der Waals surface area contributed by atoms with Crippen molar-refractivity contribution in [2.45, 2.75) is 25.3 Å². The molecule has 0 amide bonds. The quantitative estimate of drug-likeness (QED) is 0.671. The molecule has 0 aromatic carbocycles. The standard InChI is InChI=1S/C8H10N4/c9-4-6-5-11-12(8(6)10)7-2-1-3-7/h5,7H,1-3,10H2. The van der Waals surface area contributed by atoms with Crippen LogP contribution in [0.3, 0.4) is 0 Å². The Morgan fingerprint density at radius 1 is 1.67 bits per heavy atom. The fraction of sp³-hybridized carbons (Fsp3) is 0.500. The van der Waals surface area contributed by atoms with Crippen molar-refractivity contribution in [3.05, 3.63) is 11.8 Å². The van der Waals surface area contributed by atoms with Crippen LogP contribution in [-0.4, -0.2) is 9.78 Å². The van der Waals surface area contributed by atoms with Crippen LogP contribution in [0.5, 0.6) is 0 Å². The number of nitrogens with two attached hydrogens (primary N) is 1. The number of hydrogen-bond acceptors (Lipinski definition) is 3. The molecule has 0 unspecified atom stereocenters. The summed E-state index contributed by atoms with van der Waals surface area (Å²) in [7, 11) is 0. The number of anilines is 1. The van der Waals surface area contributed by atoms with Gasteiger partial charge in [-0.2, -0.15) is 10.4 Å². The average molecular weight is 162 g/mol. The van der Waals surface area contributed by atoms with Gasteiger partial charge in [-0.05, 0) is 19.3 Å². The molecular formula is C8H10N4. The van der Waals surface area contributed by atoms with E-state index in [-0.39, 0.29) is 0 Å². The molecule has 1 saturated carbocycles. The monoisotopic (exact) mass is 162 g/mol. The lowest BCUT2D eigenvalue weighted by Crippen LogP contribution is -2.19. The molecule has 0 saturated heterocycles. The molecule has 0 radical (unpaired) electrons. The van der Waals surface area contributed by atoms with Crippen LogP contribution in [0.1, 0.15) is 30.9 Å². The minimum atomic E-state index is 0.437. The van der Waals surface area contributed by atoms with Gasteiger partial charge in [-0.25, -0.2) is 4.68 Å². The average Bonchev–Trinajstić information content (AvgIpc) is 2.30. The first-order valence-corrected chi connectivity index (χ1v) is 4.06. The summed E-state index contributed by atoms with van der Waals surface area (Å²) in [6.45, 7) is 0. The van der Waals surface area contributed by atoms with Gasteiger partial charge in [0.05, 0.1) is 12.2 Å². The van der Waals surface area contributed by atoms with Gasteiger partial charge >= 0.3 is 0 Å². The van der Waals surface area contributed by atoms with Gasteiger partial charge in [-0.15, -0.1) is 0 Å². The molecule has 1 aliphatic carbocycles. The van der Waals surface area contributed by atoms with Crippen molar-refractivity contribution < 1.29 is 0 Å². The molecular weight excluding hydrogens is 152 g/mol. The van der Waals surface area contributed by atoms with Crippen LogP contribution in [0, 0.1) is 11.3 Å². The van der Waals surface area contributed by atoms with Crippen molar-refractivity contribution in [1.29, 1.82) is 5.26 Å². The summed E-state index contributed by atoms with van der Waals surface area (Å²) >= 11 is 0. The molecule has 1 fully saturated rings. The molecule has 1 heterocycles. The molecule has 0 aliphatic heterocycles. The van der Waals surface area contributed by atoms with E-state index in [2.05, 4.69) is 5.10 Å². The molecule has 2 rings (SSSR count). The fourth-order valence-electron chi connectivity index (χ4n) is 1.38. The first kappa shape index (κ1) is 7.17. The summed E-state index contributed by atoms with van der Waals surface area (Å²) in [5.41, 5.74) is 6.19. The van der Waals surface area contributed by atoms with E-state index in [0.29, 0.717) is 17.4 Å². The molecule has 4 nitrogen and oxygen atoms in total. The third-order valence-corrected chi connectivity index (χ3v) is 2.38. The van der Waals surface area contributed by atoms with Gasteiger partial charge in [0.2, 0.25) is 0 Å². The maximum atomic E-state index is 8.62. The molecule has 2 N–H and O–H groups in total. The van der Waals surface area contributed by atoms with Crippen molar-refractivity contribution in [2.75, 3.05) is 5.73 Å². The second-order valence-corrected chi connectivity index (χ2v) is 3.08. The third-order valence-electron chi connectivity index (χ3n) is 2.38. The van der Waals surface area contributed by atoms with Crippen molar-refractivity contribution in [2.24, 2.45) is 0 Å². The van der Waals surface area contributed by atoms with Gasteiger partial charge in [0.1, 0.15) is 17.5 Å². The van der Waals surface area contributed by atoms with Crippen molar-refractivity contribution in [3.8, 4) is 6.07 Å². The topological polar surface area (TPSA) is 67.6 Å². The SMILES string of the molecule is N#Cc1cnn(C2CCC2)c1N. The number of nitrogens with zero attached hydrogens (tertiary/aromatic N) is 3. The molecule has 0 atom stereocenters. The lowest BCUT2D eigenvalue weighted by molar-refractivity contribution is 0.293. The Morgan fingerprint density at radius 2 is 2.42 bits per heavy atom. The van der Waals surface area contributed by atoms with Crippen LogP contribution in [-0.2, 0) is 0 Å². The van der Waals surface area contributed by atoms with Crippen LogP contribution < -0.4 is 5.73 Å². The Labute approximate surface area is 70.6 Å². The molecule has 62 valence electrons. The summed E-state index contributed by atoms with van der Waals surface area (Å²) < 4.78 is 1.77. The highest BCUT2D eigenvalue weighted by Crippen LogP contribution is 2.33. The van der Waals surface area contributed by atoms with Crippen LogP contribution in [0.15, 0.2) is 6.20 Å². The van der Waals surface area contributed by atoms with E-state index < -0.39 is 0 Å². The number of rotatable bonds is 1. The predicted octanol–water partition coefficient (Wildman–Crippen LogP) is 1.06. The number of hydrogen-bond donors (Lipinski definition) is 1. The van der Waals surface area contributed by atoms with Gasteiger partial charge in [0, 0.05) is 0 Å². The highest BCUT2D eigenvalue weighted by atomic mass is 15.3. The number of nitriles is 1. The van der Waals surface area contributed by atoms with Crippen LogP contribution in [0.4, 0.5) is 5.82 Å². The minimum Gasteiger partial charge on any atom is -0.383 e. The molecule has 1 aliphatic rings. The van der Waals surface area contributed by atoms with Gasteiger partial charge in [-0.3, -0.25) is 0 Å². The van der Waals surface area contributed by atoms with E-state index in [9.17, 15) is 0 Å². The van der Waals surface area contributed by atoms with Crippen LogP contribution >= 0.6 is 0 Å². The zero-order chi connectivity index (χ0) is 8.55. The second kappa shape index (κ2) is 2.52. The summed E-state index contributed by atoms with van der Waals surface area (Å²) in [5, 5.41) is 12.7. The number of nitrogen functional groups attached to an aromatic ring is 1. The van der Waals surface area contributed by atoms with Crippen molar-refractivity contribution in [1.82, 2.24) is 9.78 Å². The Kier molecular flexibility index (Phi) is 1.51. The highest BCUT2D eigenvalue weighted by molar-refractivity contribution is 5.47. The fourth-order valence-corrected chi connectivity index (χ4v) is 1.38. The highest BCUT2D eigenvalue weighted by Gasteiger charge is 2.22. The van der Waals surface area contributed by atoms with E-state index in [0.717, 1.165) is 12.8 Å². The first-order valence-electron chi connectivity index (χ1n) is 4.06. The maximum Gasteiger partial charge on any atom is 0.140 e. The zero-order valence-corrected chi connectivity index (χ0v) is 6.70. The summed E-state index contributed by atoms with van der Waals surface area (Å²) in [6, 6.07) is 2.45. The van der Waals surface area contributed by atoms with E-state index >= 15 is 0 Å². The summed E-state index contributed by atoms with van der Waals surface area (Å²) in [5.74, 6) is 0.516. The van der Waals surface area contributed by atoms with Gasteiger partial charge < -0.3 is 5.73 Å². The maximum absolute atomic E-state index is 8.62. The Morgan fingerprint density at radius 3 is 2.83 bits per heavy atom. The van der Waals surface area contributed by atoms with Crippen molar-refractivity contribution in [3.63, 3.8) is 0 Å². The second-order valence-electron chi connectivity index (χ2n) is 3.08. The van der Waals surface area contributed by atoms with E-state index in [1.54, 1.807) is 4.68 Å². The summed E-state index contributed by atoms with van der Waals surface area (Å²) in [6.07, 6.45) is 5.05. The minimum absolute atomic E-state index is 0.437. The molecule has 0 bridgehead atoms. The Bertz CT molecular complexity index is 329. The van der Waals surface area contributed by atoms with E-state index in [1.165, 1.54) is 12.6 Å². The summed E-state index contributed by atoms with van der Waals surface area (Å²) in [4.78, 5) is 0. The zero-order valence-electron chi connectivity index (χ0n) is 6.70. The molecule has 4 heteroatoms. The Balaban J connectivity index is 2.33. The lowest BCUT2D eigenvalue weighted by Gasteiger charge is -2.26. The normalized spacial score (nSPS) is 16.9. The molecule has 1 aromatic rings. The van der Waals surface area contributed by atoms with Gasteiger partial charge in [-0.1, -0.05) is 0 Å². The van der Waals surface area contributed by atoms with E-state index in [4.69, 9.17) is 11.0 Å². The lowest BCUT2D eigenvalue weighted by atomic mass is 9.93. The van der Waals surface area contributed by atoms with Gasteiger partial charge in [0.15, 0.2) is 0 Å². The third kappa shape index (κ3) is 0.866. The molecule has 12 heavy (non-hydrogen) atoms. The molecule has 0 spiro atoms. The van der Waals surface area contributed by atoms with Crippen LogP contribution in [0.2, 0.25) is 0 Å². The first-order chi connectivity index (χ1) is 5.83. The number of aromatic nitrogens is 2. The smallest absolute Gasteiger partial charge is 0.140 e.